The normalized spacial score (nSPS) is 12.2. The number of aryl methyl sites for hydroxylation is 1. The summed E-state index contributed by atoms with van der Waals surface area (Å²) in [7, 11) is -4.13. The molecule has 1 N–H and O–H groups in total. The first-order valence-electron chi connectivity index (χ1n) is 12.4. The van der Waals surface area contributed by atoms with Crippen molar-refractivity contribution in [2.75, 3.05) is 17.4 Å². The number of hydrogen-bond donors (Lipinski definition) is 1. The van der Waals surface area contributed by atoms with Crippen molar-refractivity contribution in [2.24, 2.45) is 5.92 Å². The van der Waals surface area contributed by atoms with E-state index in [0.29, 0.717) is 11.6 Å². The molecule has 3 aromatic rings. The van der Waals surface area contributed by atoms with Gasteiger partial charge in [-0.25, -0.2) is 8.42 Å². The van der Waals surface area contributed by atoms with Gasteiger partial charge in [0, 0.05) is 18.1 Å². The van der Waals surface area contributed by atoms with Crippen molar-refractivity contribution < 1.29 is 18.0 Å². The molecule has 0 saturated heterocycles. The van der Waals surface area contributed by atoms with E-state index in [0.717, 1.165) is 15.4 Å². The van der Waals surface area contributed by atoms with Gasteiger partial charge in [0.1, 0.15) is 12.6 Å². The van der Waals surface area contributed by atoms with E-state index in [-0.39, 0.29) is 29.0 Å². The van der Waals surface area contributed by atoms with Gasteiger partial charge in [-0.15, -0.1) is 0 Å². The van der Waals surface area contributed by atoms with Crippen LogP contribution in [0, 0.1) is 12.8 Å². The number of sulfonamides is 1. The standard InChI is InChI=1S/C29H34ClN3O4S/c1-21(2)18-31-29(35)23(4)32(19-24-9-6-5-7-10-24)28(34)20-33(26-12-8-11-25(30)17-26)38(36,37)27-15-13-22(3)14-16-27/h5-17,21,23H,18-20H2,1-4H3,(H,31,35)/t23-/m1/s1. The van der Waals surface area contributed by atoms with Crippen LogP contribution in [-0.4, -0.2) is 44.3 Å². The molecule has 38 heavy (non-hydrogen) atoms. The van der Waals surface area contributed by atoms with Crippen LogP contribution in [0.3, 0.4) is 0 Å². The van der Waals surface area contributed by atoms with Crippen LogP contribution < -0.4 is 9.62 Å². The van der Waals surface area contributed by atoms with E-state index < -0.39 is 28.5 Å². The first-order valence-corrected chi connectivity index (χ1v) is 14.3. The number of benzene rings is 3. The summed E-state index contributed by atoms with van der Waals surface area (Å²) in [5, 5.41) is 3.21. The maximum Gasteiger partial charge on any atom is 0.264 e. The van der Waals surface area contributed by atoms with E-state index in [1.807, 2.05) is 51.1 Å². The lowest BCUT2D eigenvalue weighted by atomic mass is 10.1. The molecule has 1 atom stereocenters. The van der Waals surface area contributed by atoms with Crippen molar-refractivity contribution in [2.45, 2.75) is 45.2 Å². The zero-order valence-corrected chi connectivity index (χ0v) is 23.7. The average Bonchev–Trinajstić information content (AvgIpc) is 2.89. The summed E-state index contributed by atoms with van der Waals surface area (Å²) >= 11 is 6.19. The maximum atomic E-state index is 13.8. The number of nitrogens with zero attached hydrogens (tertiary/aromatic N) is 2. The van der Waals surface area contributed by atoms with Crippen molar-refractivity contribution in [3.05, 3.63) is 95.0 Å². The second-order valence-electron chi connectivity index (χ2n) is 9.63. The molecule has 2 amide bonds. The SMILES string of the molecule is Cc1ccc(S(=O)(=O)N(CC(=O)N(Cc2ccccc2)[C@H](C)C(=O)NCC(C)C)c2cccc(Cl)c2)cc1. The number of halogens is 1. The molecule has 0 saturated carbocycles. The van der Waals surface area contributed by atoms with Crippen LogP contribution >= 0.6 is 11.6 Å². The summed E-state index contributed by atoms with van der Waals surface area (Å²) in [6.07, 6.45) is 0. The largest absolute Gasteiger partial charge is 0.354 e. The van der Waals surface area contributed by atoms with Crippen molar-refractivity contribution >= 4 is 39.1 Å². The monoisotopic (exact) mass is 555 g/mol. The molecule has 9 heteroatoms. The molecule has 0 unspecified atom stereocenters. The van der Waals surface area contributed by atoms with Crippen LogP contribution in [0.1, 0.15) is 31.9 Å². The van der Waals surface area contributed by atoms with Gasteiger partial charge in [-0.2, -0.15) is 0 Å². The van der Waals surface area contributed by atoms with Crippen LogP contribution in [0.4, 0.5) is 5.69 Å². The Bertz CT molecular complexity index is 1350. The van der Waals surface area contributed by atoms with Crippen LogP contribution in [0.5, 0.6) is 0 Å². The molecular weight excluding hydrogens is 522 g/mol. The van der Waals surface area contributed by atoms with E-state index in [9.17, 15) is 18.0 Å². The van der Waals surface area contributed by atoms with E-state index in [2.05, 4.69) is 5.32 Å². The summed E-state index contributed by atoms with van der Waals surface area (Å²) in [5.74, 6) is -0.585. The number of anilines is 1. The Hall–Kier alpha value is -3.36. The van der Waals surface area contributed by atoms with Crippen molar-refractivity contribution in [1.29, 1.82) is 0 Å². The third kappa shape index (κ3) is 7.58. The predicted molar refractivity (Wildman–Crippen MR) is 151 cm³/mol. The highest BCUT2D eigenvalue weighted by atomic mass is 35.5. The fourth-order valence-corrected chi connectivity index (χ4v) is 5.40. The summed E-state index contributed by atoms with van der Waals surface area (Å²) < 4.78 is 28.6. The predicted octanol–water partition coefficient (Wildman–Crippen LogP) is 5.03. The van der Waals surface area contributed by atoms with E-state index >= 15 is 0 Å². The van der Waals surface area contributed by atoms with Gasteiger partial charge in [0.05, 0.1) is 10.6 Å². The smallest absolute Gasteiger partial charge is 0.264 e. The molecule has 3 rings (SSSR count). The Morgan fingerprint density at radius 3 is 2.18 bits per heavy atom. The van der Waals surface area contributed by atoms with Crippen LogP contribution in [-0.2, 0) is 26.2 Å². The zero-order chi connectivity index (χ0) is 27.9. The molecule has 0 fully saturated rings. The van der Waals surface area contributed by atoms with Gasteiger partial charge in [-0.3, -0.25) is 13.9 Å². The molecule has 202 valence electrons. The van der Waals surface area contributed by atoms with E-state index in [1.54, 1.807) is 37.3 Å². The number of amides is 2. The lowest BCUT2D eigenvalue weighted by Crippen LogP contribution is -2.51. The molecule has 0 aliphatic heterocycles. The highest BCUT2D eigenvalue weighted by Crippen LogP contribution is 2.27. The van der Waals surface area contributed by atoms with Crippen LogP contribution in [0.25, 0.3) is 0 Å². The Morgan fingerprint density at radius 2 is 1.58 bits per heavy atom. The Kier molecular flexibility index (Phi) is 9.94. The fourth-order valence-electron chi connectivity index (χ4n) is 3.81. The van der Waals surface area contributed by atoms with Gasteiger partial charge in [-0.1, -0.05) is 79.5 Å². The minimum Gasteiger partial charge on any atom is -0.354 e. The summed E-state index contributed by atoms with van der Waals surface area (Å²) in [6, 6.07) is 21.2. The van der Waals surface area contributed by atoms with Gasteiger partial charge < -0.3 is 10.2 Å². The third-order valence-electron chi connectivity index (χ3n) is 6.03. The number of carbonyl (C=O) groups is 2. The van der Waals surface area contributed by atoms with Crippen molar-refractivity contribution in [3.63, 3.8) is 0 Å². The van der Waals surface area contributed by atoms with Gasteiger partial charge in [0.25, 0.3) is 10.0 Å². The summed E-state index contributed by atoms with van der Waals surface area (Å²) in [4.78, 5) is 28.3. The number of nitrogens with one attached hydrogen (secondary N) is 1. The molecular formula is C29H34ClN3O4S. The second kappa shape index (κ2) is 12.9. The molecule has 3 aromatic carbocycles. The second-order valence-corrected chi connectivity index (χ2v) is 11.9. The molecule has 0 aliphatic rings. The van der Waals surface area contributed by atoms with Gasteiger partial charge in [-0.05, 0) is 55.7 Å². The lowest BCUT2D eigenvalue weighted by molar-refractivity contribution is -0.139. The molecule has 0 bridgehead atoms. The first kappa shape index (κ1) is 29.2. The Balaban J connectivity index is 2.00. The number of hydrogen-bond acceptors (Lipinski definition) is 4. The Labute approximate surface area is 230 Å². The molecule has 0 heterocycles. The van der Waals surface area contributed by atoms with E-state index in [1.165, 1.54) is 23.1 Å². The topological polar surface area (TPSA) is 86.8 Å². The molecule has 0 radical (unpaired) electrons. The van der Waals surface area contributed by atoms with Crippen molar-refractivity contribution in [1.82, 2.24) is 10.2 Å². The van der Waals surface area contributed by atoms with Gasteiger partial charge in [0.2, 0.25) is 11.8 Å². The molecule has 0 aliphatic carbocycles. The highest BCUT2D eigenvalue weighted by Gasteiger charge is 2.32. The average molecular weight is 556 g/mol. The zero-order valence-electron chi connectivity index (χ0n) is 22.1. The minimum absolute atomic E-state index is 0.0493. The molecule has 7 nitrogen and oxygen atoms in total. The van der Waals surface area contributed by atoms with Gasteiger partial charge >= 0.3 is 0 Å². The molecule has 0 spiro atoms. The van der Waals surface area contributed by atoms with Gasteiger partial charge in [0.15, 0.2) is 0 Å². The number of rotatable bonds is 11. The Morgan fingerprint density at radius 1 is 0.921 bits per heavy atom. The number of carbonyl (C=O) groups excluding carboxylic acids is 2. The third-order valence-corrected chi connectivity index (χ3v) is 8.05. The lowest BCUT2D eigenvalue weighted by Gasteiger charge is -2.32. The van der Waals surface area contributed by atoms with Crippen molar-refractivity contribution in [3.8, 4) is 0 Å². The quantitative estimate of drug-likeness (QED) is 0.359. The highest BCUT2D eigenvalue weighted by molar-refractivity contribution is 7.92. The first-order chi connectivity index (χ1) is 18.0. The van der Waals surface area contributed by atoms with Crippen LogP contribution in [0.15, 0.2) is 83.8 Å². The molecule has 0 aromatic heterocycles. The van der Waals surface area contributed by atoms with Crippen LogP contribution in [0.2, 0.25) is 5.02 Å². The minimum atomic E-state index is -4.13. The van der Waals surface area contributed by atoms with E-state index in [4.69, 9.17) is 11.6 Å². The summed E-state index contributed by atoms with van der Waals surface area (Å²) in [6.45, 7) is 7.58. The fraction of sp³-hybridized carbons (Fsp3) is 0.310. The maximum absolute atomic E-state index is 13.8. The summed E-state index contributed by atoms with van der Waals surface area (Å²) in [5.41, 5.74) is 1.98.